The molecule has 8 heteroatoms. The zero-order valence-electron chi connectivity index (χ0n) is 16.4. The third-order valence-electron chi connectivity index (χ3n) is 5.32. The molecule has 1 aliphatic rings. The lowest BCUT2D eigenvalue weighted by Crippen LogP contribution is -2.38. The summed E-state index contributed by atoms with van der Waals surface area (Å²) in [5, 5.41) is 5.53. The predicted octanol–water partition coefficient (Wildman–Crippen LogP) is 5.39. The Kier molecular flexibility index (Phi) is 8.11. The molecule has 1 fully saturated rings. The number of carbonyl (C=O) groups excluding carboxylic acids is 1. The van der Waals surface area contributed by atoms with Crippen LogP contribution in [-0.2, 0) is 0 Å². The van der Waals surface area contributed by atoms with Crippen LogP contribution >= 0.6 is 39.7 Å². The molecule has 0 saturated carbocycles. The normalized spacial score (nSPS) is 15.9. The molecule has 30 heavy (non-hydrogen) atoms. The molecular weight excluding hydrogens is 488 g/mol. The second-order valence-corrected chi connectivity index (χ2v) is 9.20. The van der Waals surface area contributed by atoms with Crippen LogP contribution < -0.4 is 10.7 Å². The first kappa shape index (κ1) is 23.0. The van der Waals surface area contributed by atoms with Crippen LogP contribution in [0.2, 0.25) is 0 Å². The van der Waals surface area contributed by atoms with Crippen LogP contribution in [0.3, 0.4) is 0 Å². The molecule has 1 saturated heterocycles. The molecule has 160 valence electrons. The lowest BCUT2D eigenvalue weighted by Gasteiger charge is -2.30. The number of hydrogen-bond donors (Lipinski definition) is 1. The summed E-state index contributed by atoms with van der Waals surface area (Å²) in [7, 11) is 0. The molecule has 0 spiro atoms. The number of benzene rings is 1. The van der Waals surface area contributed by atoms with Crippen LogP contribution in [0, 0.1) is 0 Å². The lowest BCUT2D eigenvalue weighted by atomic mass is 10.1. The van der Waals surface area contributed by atoms with E-state index in [0.29, 0.717) is 17.5 Å². The van der Waals surface area contributed by atoms with E-state index in [-0.39, 0.29) is 35.5 Å². The molecule has 1 aliphatic heterocycles. The Balaban J connectivity index is 0.00000256. The van der Waals surface area contributed by atoms with Crippen LogP contribution in [0.15, 0.2) is 55.5 Å². The van der Waals surface area contributed by atoms with E-state index in [2.05, 4.69) is 37.6 Å². The van der Waals surface area contributed by atoms with E-state index >= 15 is 0 Å². The highest BCUT2D eigenvalue weighted by Gasteiger charge is 2.24. The van der Waals surface area contributed by atoms with Crippen molar-refractivity contribution in [3.05, 3.63) is 67.1 Å². The number of rotatable bonds is 5. The summed E-state index contributed by atoms with van der Waals surface area (Å²) in [6.07, 6.45) is 4.89. The second-order valence-electron chi connectivity index (χ2n) is 7.31. The maximum absolute atomic E-state index is 12.8. The first-order valence-electron chi connectivity index (χ1n) is 9.91. The molecule has 3 heterocycles. The zero-order chi connectivity index (χ0) is 20.2. The fourth-order valence-electron chi connectivity index (χ4n) is 3.81. The molecule has 5 nitrogen and oxygen atoms in total. The SMILES string of the molecule is Cl.O=C(NCC(c1cccs1)N1CCCCCC1)c1cc(=O)c2ccc(Br)cc2o1. The zero-order valence-corrected chi connectivity index (χ0v) is 19.7. The summed E-state index contributed by atoms with van der Waals surface area (Å²) in [5.41, 5.74) is 0.186. The van der Waals surface area contributed by atoms with Gasteiger partial charge < -0.3 is 9.73 Å². The van der Waals surface area contributed by atoms with Crippen LogP contribution in [0.1, 0.15) is 47.2 Å². The minimum absolute atomic E-state index is 0. The molecule has 1 N–H and O–H groups in total. The molecule has 0 radical (unpaired) electrons. The fourth-order valence-corrected chi connectivity index (χ4v) is 5.02. The monoisotopic (exact) mass is 510 g/mol. The Morgan fingerprint density at radius 2 is 1.93 bits per heavy atom. The average molecular weight is 512 g/mol. The van der Waals surface area contributed by atoms with Crippen LogP contribution in [0.25, 0.3) is 11.0 Å². The molecule has 4 rings (SSSR count). The lowest BCUT2D eigenvalue weighted by molar-refractivity contribution is 0.0907. The fraction of sp³-hybridized carbons (Fsp3) is 0.364. The Labute approximate surface area is 194 Å². The van der Waals surface area contributed by atoms with Crippen molar-refractivity contribution in [3.8, 4) is 0 Å². The maximum Gasteiger partial charge on any atom is 0.287 e. The number of halogens is 2. The Bertz CT molecular complexity index is 1050. The van der Waals surface area contributed by atoms with Gasteiger partial charge in [-0.2, -0.15) is 0 Å². The third-order valence-corrected chi connectivity index (χ3v) is 6.79. The summed E-state index contributed by atoms with van der Waals surface area (Å²) in [6.45, 7) is 2.56. The van der Waals surface area contributed by atoms with Gasteiger partial charge in [0.2, 0.25) is 0 Å². The highest BCUT2D eigenvalue weighted by atomic mass is 79.9. The molecule has 1 unspecified atom stereocenters. The molecule has 1 atom stereocenters. The van der Waals surface area contributed by atoms with E-state index in [1.54, 1.807) is 29.5 Å². The second kappa shape index (κ2) is 10.6. The van der Waals surface area contributed by atoms with Crippen molar-refractivity contribution < 1.29 is 9.21 Å². The third kappa shape index (κ3) is 5.32. The first-order valence-corrected chi connectivity index (χ1v) is 11.6. The standard InChI is InChI=1S/C22H23BrN2O3S.ClH/c23-15-7-8-16-18(26)13-20(28-19(16)12-15)22(27)24-14-17(21-6-5-11-29-21)25-9-3-1-2-4-10-25;/h5-8,11-13,17H,1-4,9-10,14H2,(H,24,27);1H. The number of fused-ring (bicyclic) bond motifs is 1. The molecule has 1 amide bonds. The minimum Gasteiger partial charge on any atom is -0.451 e. The first-order chi connectivity index (χ1) is 14.1. The summed E-state index contributed by atoms with van der Waals surface area (Å²) in [5.74, 6) is -0.318. The Morgan fingerprint density at radius 1 is 1.17 bits per heavy atom. The highest BCUT2D eigenvalue weighted by Crippen LogP contribution is 2.27. The van der Waals surface area contributed by atoms with Crippen LogP contribution in [-0.4, -0.2) is 30.4 Å². The largest absolute Gasteiger partial charge is 0.451 e. The van der Waals surface area contributed by atoms with Gasteiger partial charge in [-0.3, -0.25) is 14.5 Å². The average Bonchev–Trinajstić information content (AvgIpc) is 3.10. The van der Waals surface area contributed by atoms with Crippen molar-refractivity contribution in [3.63, 3.8) is 0 Å². The van der Waals surface area contributed by atoms with Crippen molar-refractivity contribution in [2.24, 2.45) is 0 Å². The molecule has 2 aromatic heterocycles. The van der Waals surface area contributed by atoms with Crippen molar-refractivity contribution in [2.45, 2.75) is 31.7 Å². The van der Waals surface area contributed by atoms with Gasteiger partial charge in [0, 0.05) is 22.0 Å². The van der Waals surface area contributed by atoms with Crippen molar-refractivity contribution in [1.82, 2.24) is 10.2 Å². The maximum atomic E-state index is 12.8. The van der Waals surface area contributed by atoms with E-state index < -0.39 is 0 Å². The number of hydrogen-bond acceptors (Lipinski definition) is 5. The quantitative estimate of drug-likeness (QED) is 0.499. The van der Waals surface area contributed by atoms with Crippen molar-refractivity contribution in [1.29, 1.82) is 0 Å². The van der Waals surface area contributed by atoms with E-state index in [1.807, 2.05) is 6.07 Å². The molecular formula is C22H24BrClN2O3S. The van der Waals surface area contributed by atoms with E-state index in [4.69, 9.17) is 4.42 Å². The Hall–Kier alpha value is -1.67. The topological polar surface area (TPSA) is 62.6 Å². The summed E-state index contributed by atoms with van der Waals surface area (Å²) >= 11 is 5.09. The smallest absolute Gasteiger partial charge is 0.287 e. The van der Waals surface area contributed by atoms with Gasteiger partial charge in [-0.05, 0) is 55.6 Å². The summed E-state index contributed by atoms with van der Waals surface area (Å²) in [6, 6.07) is 10.8. The number of likely N-dealkylation sites (tertiary alicyclic amines) is 1. The van der Waals surface area contributed by atoms with Crippen molar-refractivity contribution in [2.75, 3.05) is 19.6 Å². The highest BCUT2D eigenvalue weighted by molar-refractivity contribution is 9.10. The van der Waals surface area contributed by atoms with E-state index in [0.717, 1.165) is 17.6 Å². The van der Waals surface area contributed by atoms with Gasteiger partial charge in [0.25, 0.3) is 5.91 Å². The molecule has 3 aromatic rings. The minimum atomic E-state index is -0.361. The molecule has 1 aromatic carbocycles. The van der Waals surface area contributed by atoms with Gasteiger partial charge in [-0.15, -0.1) is 23.7 Å². The number of thiophene rings is 1. The summed E-state index contributed by atoms with van der Waals surface area (Å²) < 4.78 is 6.52. The van der Waals surface area contributed by atoms with Gasteiger partial charge in [-0.1, -0.05) is 34.8 Å². The van der Waals surface area contributed by atoms with Crippen LogP contribution in [0.4, 0.5) is 0 Å². The molecule has 0 bridgehead atoms. The summed E-state index contributed by atoms with van der Waals surface area (Å²) in [4.78, 5) is 28.9. The number of carbonyl (C=O) groups is 1. The Morgan fingerprint density at radius 3 is 2.63 bits per heavy atom. The van der Waals surface area contributed by atoms with Crippen molar-refractivity contribution >= 4 is 56.6 Å². The number of nitrogens with one attached hydrogen (secondary N) is 1. The molecule has 0 aliphatic carbocycles. The van der Waals surface area contributed by atoms with E-state index in [9.17, 15) is 9.59 Å². The predicted molar refractivity (Wildman–Crippen MR) is 127 cm³/mol. The van der Waals surface area contributed by atoms with Gasteiger partial charge in [0.1, 0.15) is 5.58 Å². The van der Waals surface area contributed by atoms with Gasteiger partial charge in [-0.25, -0.2) is 0 Å². The number of amides is 1. The number of nitrogens with zero attached hydrogens (tertiary/aromatic N) is 1. The van der Waals surface area contributed by atoms with Gasteiger partial charge in [0.05, 0.1) is 11.4 Å². The van der Waals surface area contributed by atoms with Crippen LogP contribution in [0.5, 0.6) is 0 Å². The van der Waals surface area contributed by atoms with Gasteiger partial charge in [0.15, 0.2) is 11.2 Å². The van der Waals surface area contributed by atoms with Gasteiger partial charge >= 0.3 is 0 Å². The van der Waals surface area contributed by atoms with E-state index in [1.165, 1.54) is 36.6 Å².